The number of thiazole rings is 1. The first-order valence-electron chi connectivity index (χ1n) is 13.6. The number of carbonyl (C=O) groups is 3. The van der Waals surface area contributed by atoms with E-state index < -0.39 is 16.7 Å². The van der Waals surface area contributed by atoms with Gasteiger partial charge in [0.05, 0.1) is 16.4 Å². The highest BCUT2D eigenvalue weighted by Crippen LogP contribution is 2.27. The van der Waals surface area contributed by atoms with Crippen molar-refractivity contribution in [3.8, 4) is 11.3 Å². The van der Waals surface area contributed by atoms with Gasteiger partial charge in [0.15, 0.2) is 5.13 Å². The first-order chi connectivity index (χ1) is 22.2. The number of carbonyl (C=O) groups excluding carboxylic acids is 3. The number of halogens is 1. The van der Waals surface area contributed by atoms with Crippen LogP contribution in [0, 0.1) is 10.1 Å². The van der Waals surface area contributed by atoms with Gasteiger partial charge in [-0.3, -0.25) is 24.5 Å². The number of rotatable bonds is 11. The van der Waals surface area contributed by atoms with Crippen LogP contribution in [-0.4, -0.2) is 33.4 Å². The van der Waals surface area contributed by atoms with Crippen molar-refractivity contribution in [1.29, 1.82) is 0 Å². The van der Waals surface area contributed by atoms with Crippen LogP contribution in [0.2, 0.25) is 5.02 Å². The van der Waals surface area contributed by atoms with E-state index in [-0.39, 0.29) is 23.0 Å². The minimum Gasteiger partial charge on any atom is -0.321 e. The topological polar surface area (TPSA) is 143 Å². The Morgan fingerprint density at radius 2 is 1.59 bits per heavy atom. The van der Waals surface area contributed by atoms with Gasteiger partial charge in [0.2, 0.25) is 5.91 Å². The van der Waals surface area contributed by atoms with Crippen LogP contribution in [0.1, 0.15) is 15.9 Å². The Hall–Kier alpha value is -5.30. The van der Waals surface area contributed by atoms with E-state index in [1.165, 1.54) is 53.4 Å². The fourth-order valence-corrected chi connectivity index (χ4v) is 5.58. The van der Waals surface area contributed by atoms with Crippen molar-refractivity contribution in [3.63, 3.8) is 0 Å². The molecule has 230 valence electrons. The minimum absolute atomic E-state index is 0.0563. The normalized spacial score (nSPS) is 11.0. The Kier molecular flexibility index (Phi) is 10.6. The van der Waals surface area contributed by atoms with E-state index in [0.717, 1.165) is 16.2 Å². The van der Waals surface area contributed by atoms with Crippen molar-refractivity contribution >= 4 is 75.0 Å². The Morgan fingerprint density at radius 3 is 2.26 bits per heavy atom. The number of thioether (sulfide) groups is 1. The van der Waals surface area contributed by atoms with Gasteiger partial charge in [-0.15, -0.1) is 23.1 Å². The molecule has 0 spiro atoms. The average Bonchev–Trinajstić information content (AvgIpc) is 3.53. The predicted molar refractivity (Wildman–Crippen MR) is 182 cm³/mol. The molecule has 0 unspecified atom stereocenters. The average molecular weight is 670 g/mol. The summed E-state index contributed by atoms with van der Waals surface area (Å²) in [5.74, 6) is -1.15. The van der Waals surface area contributed by atoms with Crippen LogP contribution in [0.15, 0.2) is 119 Å². The summed E-state index contributed by atoms with van der Waals surface area (Å²) in [4.78, 5) is 54.4. The zero-order valence-electron chi connectivity index (χ0n) is 23.8. The lowest BCUT2D eigenvalue weighted by atomic mass is 10.1. The Labute approximate surface area is 276 Å². The van der Waals surface area contributed by atoms with Gasteiger partial charge < -0.3 is 16.0 Å². The molecule has 5 rings (SSSR count). The SMILES string of the molecule is O=C(CSc1ccc(NC(=O)/C(=C/c2ccc([N+](=O)[O-])cc2)NC(=O)c2ccccc2)cc1)Nc1nc(-c2ccc(Cl)cc2)cs1. The molecule has 0 aliphatic carbocycles. The number of nitro groups is 1. The Balaban J connectivity index is 1.20. The van der Waals surface area contributed by atoms with Gasteiger partial charge in [-0.2, -0.15) is 0 Å². The highest BCUT2D eigenvalue weighted by molar-refractivity contribution is 8.00. The zero-order chi connectivity index (χ0) is 32.5. The fraction of sp³-hybridized carbons (Fsp3) is 0.0303. The van der Waals surface area contributed by atoms with E-state index in [9.17, 15) is 24.5 Å². The number of benzene rings is 4. The molecule has 3 amide bonds. The molecule has 0 fully saturated rings. The molecule has 46 heavy (non-hydrogen) atoms. The highest BCUT2D eigenvalue weighted by Gasteiger charge is 2.16. The van der Waals surface area contributed by atoms with E-state index in [1.807, 2.05) is 17.5 Å². The van der Waals surface area contributed by atoms with Crippen LogP contribution in [-0.2, 0) is 9.59 Å². The number of anilines is 2. The molecule has 0 bridgehead atoms. The first kappa shape index (κ1) is 32.1. The maximum absolute atomic E-state index is 13.3. The number of non-ortho nitro benzene ring substituents is 1. The van der Waals surface area contributed by atoms with E-state index in [0.29, 0.717) is 27.0 Å². The quantitative estimate of drug-likeness (QED) is 0.0571. The first-order valence-corrected chi connectivity index (χ1v) is 15.9. The molecule has 0 aliphatic rings. The number of amides is 3. The van der Waals surface area contributed by atoms with Gasteiger partial charge in [0.25, 0.3) is 17.5 Å². The van der Waals surface area contributed by atoms with Crippen LogP contribution < -0.4 is 16.0 Å². The third-order valence-corrected chi connectivity index (χ3v) is 8.34. The van der Waals surface area contributed by atoms with Crippen LogP contribution >= 0.6 is 34.7 Å². The zero-order valence-corrected chi connectivity index (χ0v) is 26.2. The van der Waals surface area contributed by atoms with E-state index >= 15 is 0 Å². The van der Waals surface area contributed by atoms with Gasteiger partial charge in [-0.05, 0) is 72.3 Å². The van der Waals surface area contributed by atoms with Gasteiger partial charge in [0.1, 0.15) is 5.70 Å². The third kappa shape index (κ3) is 8.88. The summed E-state index contributed by atoms with van der Waals surface area (Å²) in [6.45, 7) is 0. The van der Waals surface area contributed by atoms with E-state index in [4.69, 9.17) is 11.6 Å². The number of hydrogen-bond acceptors (Lipinski definition) is 8. The second kappa shape index (κ2) is 15.1. The van der Waals surface area contributed by atoms with Crippen molar-refractivity contribution in [3.05, 3.63) is 140 Å². The van der Waals surface area contributed by atoms with Crippen molar-refractivity contribution in [1.82, 2.24) is 10.3 Å². The molecule has 13 heteroatoms. The van der Waals surface area contributed by atoms with Crippen molar-refractivity contribution in [2.45, 2.75) is 4.90 Å². The number of nitrogens with one attached hydrogen (secondary N) is 3. The molecule has 0 saturated heterocycles. The molecule has 1 heterocycles. The molecule has 10 nitrogen and oxygen atoms in total. The van der Waals surface area contributed by atoms with Crippen LogP contribution in [0.4, 0.5) is 16.5 Å². The molecule has 5 aromatic rings. The molecular weight excluding hydrogens is 646 g/mol. The van der Waals surface area contributed by atoms with Crippen LogP contribution in [0.3, 0.4) is 0 Å². The summed E-state index contributed by atoms with van der Waals surface area (Å²) in [5, 5.41) is 22.2. The van der Waals surface area contributed by atoms with Gasteiger partial charge >= 0.3 is 0 Å². The third-order valence-electron chi connectivity index (χ3n) is 6.32. The maximum atomic E-state index is 13.3. The largest absolute Gasteiger partial charge is 0.321 e. The molecule has 3 N–H and O–H groups in total. The molecular formula is C33H24ClN5O5S2. The van der Waals surface area contributed by atoms with Crippen molar-refractivity contribution in [2.24, 2.45) is 0 Å². The summed E-state index contributed by atoms with van der Waals surface area (Å²) in [5.41, 5.74) is 2.78. The lowest BCUT2D eigenvalue weighted by Gasteiger charge is -2.12. The summed E-state index contributed by atoms with van der Waals surface area (Å²) in [6.07, 6.45) is 1.43. The Morgan fingerprint density at radius 1 is 0.891 bits per heavy atom. The molecule has 0 saturated carbocycles. The smallest absolute Gasteiger partial charge is 0.272 e. The fourth-order valence-electron chi connectivity index (χ4n) is 4.02. The van der Waals surface area contributed by atoms with E-state index in [1.54, 1.807) is 66.7 Å². The summed E-state index contributed by atoms with van der Waals surface area (Å²) in [6, 6.07) is 28.2. The minimum atomic E-state index is -0.594. The highest BCUT2D eigenvalue weighted by atomic mass is 35.5. The monoisotopic (exact) mass is 669 g/mol. The number of nitrogens with zero attached hydrogens (tertiary/aromatic N) is 2. The van der Waals surface area contributed by atoms with Crippen LogP contribution in [0.5, 0.6) is 0 Å². The standard InChI is InChI=1S/C33H24ClN5O5S2/c34-24-10-8-22(9-11-24)29-19-46-33(37-29)38-30(40)20-45-27-16-12-25(13-17-27)35-32(42)28(36-31(41)23-4-2-1-3-5-23)18-21-6-14-26(15-7-21)39(43)44/h1-19H,20H2,(H,35,42)(H,36,41)(H,37,38,40)/b28-18-. The molecule has 1 aromatic heterocycles. The predicted octanol–water partition coefficient (Wildman–Crippen LogP) is 7.51. The number of nitro benzene ring substituents is 1. The second-order valence-corrected chi connectivity index (χ2v) is 11.9. The summed E-state index contributed by atoms with van der Waals surface area (Å²) >= 11 is 8.60. The number of aromatic nitrogens is 1. The molecule has 0 radical (unpaired) electrons. The van der Waals surface area contributed by atoms with E-state index in [2.05, 4.69) is 20.9 Å². The van der Waals surface area contributed by atoms with Crippen molar-refractivity contribution in [2.75, 3.05) is 16.4 Å². The van der Waals surface area contributed by atoms with Gasteiger partial charge in [-0.25, -0.2) is 4.98 Å². The number of hydrogen-bond donors (Lipinski definition) is 3. The lowest BCUT2D eigenvalue weighted by molar-refractivity contribution is -0.384. The summed E-state index contributed by atoms with van der Waals surface area (Å²) in [7, 11) is 0. The molecule has 0 atom stereocenters. The summed E-state index contributed by atoms with van der Waals surface area (Å²) < 4.78 is 0. The van der Waals surface area contributed by atoms with Crippen LogP contribution in [0.25, 0.3) is 17.3 Å². The Bertz CT molecular complexity index is 1900. The lowest BCUT2D eigenvalue weighted by Crippen LogP contribution is -2.30. The second-order valence-electron chi connectivity index (χ2n) is 9.59. The molecule has 4 aromatic carbocycles. The van der Waals surface area contributed by atoms with Gasteiger partial charge in [-0.1, -0.05) is 41.9 Å². The molecule has 0 aliphatic heterocycles. The van der Waals surface area contributed by atoms with Crippen molar-refractivity contribution < 1.29 is 19.3 Å². The maximum Gasteiger partial charge on any atom is 0.272 e. The van der Waals surface area contributed by atoms with Gasteiger partial charge in [0, 0.05) is 44.2 Å².